The molecule has 0 aliphatic carbocycles. The van der Waals surface area contributed by atoms with Gasteiger partial charge in [-0.25, -0.2) is 5.43 Å². The highest BCUT2D eigenvalue weighted by Crippen LogP contribution is 2.15. The summed E-state index contributed by atoms with van der Waals surface area (Å²) in [6, 6.07) is 13.6. The maximum atomic E-state index is 12.0. The van der Waals surface area contributed by atoms with Crippen LogP contribution in [0, 0.1) is 0 Å². The lowest BCUT2D eigenvalue weighted by molar-refractivity contribution is -0.129. The smallest absolute Gasteiger partial charge is 0.262 e. The van der Waals surface area contributed by atoms with Gasteiger partial charge in [-0.1, -0.05) is 17.7 Å². The number of amides is 3. The zero-order valence-corrected chi connectivity index (χ0v) is 18.4. The molecule has 10 heteroatoms. The zero-order valence-electron chi connectivity index (χ0n) is 17.6. The van der Waals surface area contributed by atoms with Crippen molar-refractivity contribution in [3.63, 3.8) is 0 Å². The summed E-state index contributed by atoms with van der Waals surface area (Å²) in [6.45, 7) is 0.820. The first-order valence-corrected chi connectivity index (χ1v) is 10.2. The van der Waals surface area contributed by atoms with E-state index in [2.05, 4.69) is 21.2 Å². The molecule has 0 aliphatic rings. The van der Waals surface area contributed by atoms with Gasteiger partial charge in [0, 0.05) is 31.0 Å². The standard InChI is InChI=1S/C22H25ClN4O5/c1-31-11-3-10-24-20(28)13-21(29)27-25-14-16-6-8-19(9-7-16)32-15-22(30)26-18-5-2-4-17(23)12-18/h2,4-9,12,14H,3,10-11,13,15H2,1H3,(H,24,28)(H,26,30)(H,27,29)/b25-14+. The molecule has 0 aliphatic heterocycles. The van der Waals surface area contributed by atoms with Crippen LogP contribution in [0.2, 0.25) is 5.02 Å². The van der Waals surface area contributed by atoms with E-state index in [1.807, 2.05) is 0 Å². The highest BCUT2D eigenvalue weighted by molar-refractivity contribution is 6.30. The van der Waals surface area contributed by atoms with Crippen molar-refractivity contribution in [2.24, 2.45) is 5.10 Å². The van der Waals surface area contributed by atoms with Crippen LogP contribution in [-0.4, -0.2) is 50.8 Å². The Kier molecular flexibility index (Phi) is 10.7. The Labute approximate surface area is 191 Å². The molecule has 0 aromatic heterocycles. The van der Waals surface area contributed by atoms with Crippen molar-refractivity contribution < 1.29 is 23.9 Å². The number of anilines is 1. The third kappa shape index (κ3) is 10.1. The minimum atomic E-state index is -0.517. The lowest BCUT2D eigenvalue weighted by atomic mass is 10.2. The molecule has 0 radical (unpaired) electrons. The van der Waals surface area contributed by atoms with Crippen molar-refractivity contribution in [2.45, 2.75) is 12.8 Å². The number of carbonyl (C=O) groups excluding carboxylic acids is 3. The maximum absolute atomic E-state index is 12.0. The number of rotatable bonds is 12. The average Bonchev–Trinajstić information content (AvgIpc) is 2.76. The third-order valence-electron chi connectivity index (χ3n) is 3.93. The quantitative estimate of drug-likeness (QED) is 0.194. The van der Waals surface area contributed by atoms with Gasteiger partial charge in [-0.05, 0) is 54.4 Å². The Morgan fingerprint density at radius 3 is 2.56 bits per heavy atom. The van der Waals surface area contributed by atoms with Gasteiger partial charge in [0.2, 0.25) is 11.8 Å². The summed E-state index contributed by atoms with van der Waals surface area (Å²) in [6.07, 6.45) is 1.80. The number of nitrogens with zero attached hydrogens (tertiary/aromatic N) is 1. The summed E-state index contributed by atoms with van der Waals surface area (Å²) < 4.78 is 10.3. The molecule has 2 aromatic rings. The molecule has 170 valence electrons. The van der Waals surface area contributed by atoms with Crippen LogP contribution >= 0.6 is 11.6 Å². The number of carbonyl (C=O) groups is 3. The van der Waals surface area contributed by atoms with Crippen LogP contribution in [0.4, 0.5) is 5.69 Å². The molecule has 0 unspecified atom stereocenters. The average molecular weight is 461 g/mol. The van der Waals surface area contributed by atoms with Gasteiger partial charge in [-0.2, -0.15) is 5.10 Å². The van der Waals surface area contributed by atoms with Crippen molar-refractivity contribution >= 4 is 41.2 Å². The highest BCUT2D eigenvalue weighted by Gasteiger charge is 2.08. The number of methoxy groups -OCH3 is 1. The van der Waals surface area contributed by atoms with E-state index in [0.717, 1.165) is 0 Å². The van der Waals surface area contributed by atoms with Crippen LogP contribution in [0.15, 0.2) is 53.6 Å². The second-order valence-electron chi connectivity index (χ2n) is 6.58. The van der Waals surface area contributed by atoms with E-state index in [1.165, 1.54) is 6.21 Å². The molecule has 0 spiro atoms. The summed E-state index contributed by atoms with van der Waals surface area (Å²) in [7, 11) is 1.58. The van der Waals surface area contributed by atoms with Gasteiger partial charge in [-0.3, -0.25) is 14.4 Å². The normalized spacial score (nSPS) is 10.6. The van der Waals surface area contributed by atoms with Crippen LogP contribution in [0.1, 0.15) is 18.4 Å². The Balaban J connectivity index is 1.69. The molecule has 2 aromatic carbocycles. The maximum Gasteiger partial charge on any atom is 0.262 e. The van der Waals surface area contributed by atoms with Crippen molar-refractivity contribution in [1.82, 2.24) is 10.7 Å². The van der Waals surface area contributed by atoms with Crippen molar-refractivity contribution in [1.29, 1.82) is 0 Å². The Bertz CT molecular complexity index is 934. The first-order chi connectivity index (χ1) is 15.5. The summed E-state index contributed by atoms with van der Waals surface area (Å²) in [5, 5.41) is 9.66. The minimum absolute atomic E-state index is 0.163. The molecular formula is C22H25ClN4O5. The van der Waals surface area contributed by atoms with Crippen LogP contribution < -0.4 is 20.8 Å². The van der Waals surface area contributed by atoms with Crippen molar-refractivity contribution in [3.8, 4) is 5.75 Å². The molecule has 0 heterocycles. The van der Waals surface area contributed by atoms with Crippen LogP contribution in [0.5, 0.6) is 5.75 Å². The highest BCUT2D eigenvalue weighted by atomic mass is 35.5. The molecular weight excluding hydrogens is 436 g/mol. The topological polar surface area (TPSA) is 118 Å². The fraction of sp³-hybridized carbons (Fsp3) is 0.273. The van der Waals surface area contributed by atoms with E-state index in [9.17, 15) is 14.4 Å². The van der Waals surface area contributed by atoms with Gasteiger partial charge >= 0.3 is 0 Å². The lowest BCUT2D eigenvalue weighted by Crippen LogP contribution is -2.30. The van der Waals surface area contributed by atoms with Crippen LogP contribution in [0.3, 0.4) is 0 Å². The molecule has 0 atom stereocenters. The molecule has 0 fully saturated rings. The van der Waals surface area contributed by atoms with Gasteiger partial charge in [0.15, 0.2) is 6.61 Å². The first-order valence-electron chi connectivity index (χ1n) is 9.82. The van der Waals surface area contributed by atoms with Gasteiger partial charge < -0.3 is 20.1 Å². The molecule has 2 rings (SSSR count). The Hall–Kier alpha value is -3.43. The predicted octanol–water partition coefficient (Wildman–Crippen LogP) is 2.35. The van der Waals surface area contributed by atoms with E-state index in [1.54, 1.807) is 55.6 Å². The molecule has 9 nitrogen and oxygen atoms in total. The fourth-order valence-electron chi connectivity index (χ4n) is 2.43. The van der Waals surface area contributed by atoms with Crippen molar-refractivity contribution in [2.75, 3.05) is 32.2 Å². The number of hydrogen-bond acceptors (Lipinski definition) is 6. The number of hydrogen-bond donors (Lipinski definition) is 3. The SMILES string of the molecule is COCCCNC(=O)CC(=O)N/N=C/c1ccc(OCC(=O)Nc2cccc(Cl)c2)cc1. The number of halogens is 1. The van der Waals surface area contributed by atoms with E-state index >= 15 is 0 Å². The van der Waals surface area contributed by atoms with Crippen LogP contribution in [-0.2, 0) is 19.1 Å². The Morgan fingerprint density at radius 1 is 1.06 bits per heavy atom. The molecule has 0 saturated carbocycles. The number of benzene rings is 2. The molecule has 0 bridgehead atoms. The van der Waals surface area contributed by atoms with E-state index in [4.69, 9.17) is 21.1 Å². The molecule has 3 N–H and O–H groups in total. The number of nitrogens with one attached hydrogen (secondary N) is 3. The number of hydrazone groups is 1. The van der Waals surface area contributed by atoms with Crippen molar-refractivity contribution in [3.05, 3.63) is 59.1 Å². The lowest BCUT2D eigenvalue weighted by Gasteiger charge is -2.08. The Morgan fingerprint density at radius 2 is 1.84 bits per heavy atom. The minimum Gasteiger partial charge on any atom is -0.484 e. The second-order valence-corrected chi connectivity index (χ2v) is 7.02. The molecule has 3 amide bonds. The van der Waals surface area contributed by atoms with Gasteiger partial charge in [0.25, 0.3) is 5.91 Å². The predicted molar refractivity (Wildman–Crippen MR) is 122 cm³/mol. The second kappa shape index (κ2) is 13.8. The van der Waals surface area contributed by atoms with E-state index < -0.39 is 5.91 Å². The largest absolute Gasteiger partial charge is 0.484 e. The summed E-state index contributed by atoms with van der Waals surface area (Å²) in [5.74, 6) is -0.716. The van der Waals surface area contributed by atoms with Gasteiger partial charge in [0.05, 0.1) is 6.21 Å². The van der Waals surface area contributed by atoms with E-state index in [-0.39, 0.29) is 24.8 Å². The fourth-order valence-corrected chi connectivity index (χ4v) is 2.62. The van der Waals surface area contributed by atoms with Gasteiger partial charge in [0.1, 0.15) is 12.2 Å². The van der Waals surface area contributed by atoms with Crippen LogP contribution in [0.25, 0.3) is 0 Å². The summed E-state index contributed by atoms with van der Waals surface area (Å²) in [5.41, 5.74) is 3.58. The zero-order chi connectivity index (χ0) is 23.2. The first kappa shape index (κ1) is 24.8. The number of ether oxygens (including phenoxy) is 2. The molecule has 32 heavy (non-hydrogen) atoms. The summed E-state index contributed by atoms with van der Waals surface area (Å²) >= 11 is 5.88. The third-order valence-corrected chi connectivity index (χ3v) is 4.16. The summed E-state index contributed by atoms with van der Waals surface area (Å²) in [4.78, 5) is 35.3. The van der Waals surface area contributed by atoms with Gasteiger partial charge in [-0.15, -0.1) is 0 Å². The molecule has 0 saturated heterocycles. The van der Waals surface area contributed by atoms with E-state index in [0.29, 0.717) is 41.6 Å². The monoisotopic (exact) mass is 460 g/mol.